The first-order chi connectivity index (χ1) is 6.15. The van der Waals surface area contributed by atoms with Gasteiger partial charge < -0.3 is 10.8 Å². The molecule has 0 radical (unpaired) electrons. The van der Waals surface area contributed by atoms with Gasteiger partial charge in [0.15, 0.2) is 0 Å². The fraction of sp³-hybridized carbons (Fsp3) is 0.333. The molecule has 0 aromatic heterocycles. The summed E-state index contributed by atoms with van der Waals surface area (Å²) in [6, 6.07) is 5.01. The number of hydrogen-bond acceptors (Lipinski definition) is 2. The van der Waals surface area contributed by atoms with Crippen LogP contribution in [-0.2, 0) is 0 Å². The van der Waals surface area contributed by atoms with Crippen LogP contribution in [0.3, 0.4) is 0 Å². The lowest BCUT2D eigenvalue weighted by atomic mass is 10.1. The fourth-order valence-electron chi connectivity index (χ4n) is 0.998. The van der Waals surface area contributed by atoms with E-state index in [1.165, 1.54) is 24.3 Å². The van der Waals surface area contributed by atoms with E-state index in [1.807, 2.05) is 0 Å². The Hall–Kier alpha value is -1.00. The molecule has 3 N–H and O–H groups in total. The maximum absolute atomic E-state index is 12.8. The van der Waals surface area contributed by atoms with Gasteiger partial charge in [0.1, 0.15) is 18.1 Å². The van der Waals surface area contributed by atoms with Crippen LogP contribution in [0.2, 0.25) is 0 Å². The summed E-state index contributed by atoms with van der Waals surface area (Å²) in [6.07, 6.45) is -2.78. The van der Waals surface area contributed by atoms with Crippen LogP contribution in [0.15, 0.2) is 24.3 Å². The van der Waals surface area contributed by atoms with Gasteiger partial charge >= 0.3 is 0 Å². The van der Waals surface area contributed by atoms with Crippen LogP contribution in [-0.4, -0.2) is 17.8 Å². The second-order valence-electron chi connectivity index (χ2n) is 2.75. The maximum atomic E-state index is 12.8. The highest BCUT2D eigenvalue weighted by Gasteiger charge is 2.18. The molecule has 2 atom stereocenters. The third kappa shape index (κ3) is 2.47. The van der Waals surface area contributed by atoms with E-state index in [-0.39, 0.29) is 6.54 Å². The SMILES string of the molecule is NCC(F)C(O)c1ccc(F)cc1. The third-order valence-electron chi connectivity index (χ3n) is 1.78. The van der Waals surface area contributed by atoms with E-state index in [4.69, 9.17) is 5.73 Å². The molecule has 1 aromatic rings. The fourth-order valence-corrected chi connectivity index (χ4v) is 0.998. The minimum absolute atomic E-state index is 0.251. The standard InChI is InChI=1S/C9H11F2NO/c10-7-3-1-6(2-4-7)9(13)8(11)5-12/h1-4,8-9,13H,5,12H2. The monoisotopic (exact) mass is 187 g/mol. The molecule has 0 saturated heterocycles. The van der Waals surface area contributed by atoms with Crippen LogP contribution in [0, 0.1) is 5.82 Å². The first kappa shape index (κ1) is 10.1. The van der Waals surface area contributed by atoms with Gasteiger partial charge in [-0.25, -0.2) is 8.78 Å². The molecule has 2 unspecified atom stereocenters. The molecule has 1 rings (SSSR count). The van der Waals surface area contributed by atoms with Crippen LogP contribution < -0.4 is 5.73 Å². The van der Waals surface area contributed by atoms with Gasteiger partial charge in [0, 0.05) is 6.54 Å². The van der Waals surface area contributed by atoms with E-state index in [9.17, 15) is 13.9 Å². The van der Waals surface area contributed by atoms with Gasteiger partial charge in [-0.1, -0.05) is 12.1 Å². The molecule has 72 valence electrons. The summed E-state index contributed by atoms with van der Waals surface area (Å²) in [4.78, 5) is 0. The Balaban J connectivity index is 2.77. The Morgan fingerprint density at radius 2 is 1.85 bits per heavy atom. The highest BCUT2D eigenvalue weighted by molar-refractivity contribution is 5.19. The maximum Gasteiger partial charge on any atom is 0.142 e. The number of alkyl halides is 1. The summed E-state index contributed by atoms with van der Waals surface area (Å²) in [5.41, 5.74) is 5.36. The molecule has 2 nitrogen and oxygen atoms in total. The molecule has 0 fully saturated rings. The van der Waals surface area contributed by atoms with Crippen molar-refractivity contribution in [3.05, 3.63) is 35.6 Å². The van der Waals surface area contributed by atoms with Gasteiger partial charge in [-0.3, -0.25) is 0 Å². The van der Waals surface area contributed by atoms with Crippen LogP contribution in [0.4, 0.5) is 8.78 Å². The zero-order valence-corrected chi connectivity index (χ0v) is 6.95. The van der Waals surface area contributed by atoms with E-state index in [0.29, 0.717) is 5.56 Å². The van der Waals surface area contributed by atoms with Gasteiger partial charge in [-0.05, 0) is 17.7 Å². The Labute approximate surface area is 75.0 Å². The van der Waals surface area contributed by atoms with Crippen molar-refractivity contribution in [2.45, 2.75) is 12.3 Å². The molecule has 0 aliphatic heterocycles. The highest BCUT2D eigenvalue weighted by Crippen LogP contribution is 2.18. The molecule has 4 heteroatoms. The smallest absolute Gasteiger partial charge is 0.142 e. The van der Waals surface area contributed by atoms with E-state index in [2.05, 4.69) is 0 Å². The number of hydrogen-bond donors (Lipinski definition) is 2. The molecular weight excluding hydrogens is 176 g/mol. The summed E-state index contributed by atoms with van der Waals surface area (Å²) in [7, 11) is 0. The van der Waals surface area contributed by atoms with Crippen molar-refractivity contribution in [3.8, 4) is 0 Å². The summed E-state index contributed by atoms with van der Waals surface area (Å²) < 4.78 is 25.3. The van der Waals surface area contributed by atoms with Gasteiger partial charge in [-0.15, -0.1) is 0 Å². The highest BCUT2D eigenvalue weighted by atomic mass is 19.1. The molecule has 1 aromatic carbocycles. The predicted molar refractivity (Wildman–Crippen MR) is 45.3 cm³/mol. The van der Waals surface area contributed by atoms with E-state index in [0.717, 1.165) is 0 Å². The molecule has 0 aliphatic carbocycles. The normalized spacial score (nSPS) is 15.4. The average molecular weight is 187 g/mol. The van der Waals surface area contributed by atoms with E-state index in [1.54, 1.807) is 0 Å². The number of benzene rings is 1. The van der Waals surface area contributed by atoms with Gasteiger partial charge in [-0.2, -0.15) is 0 Å². The zero-order chi connectivity index (χ0) is 9.84. The van der Waals surface area contributed by atoms with Crippen molar-refractivity contribution in [2.24, 2.45) is 5.73 Å². The molecule has 0 spiro atoms. The average Bonchev–Trinajstić information content (AvgIpc) is 2.17. The number of aliphatic hydroxyl groups is 1. The summed E-state index contributed by atoms with van der Waals surface area (Å²) >= 11 is 0. The van der Waals surface area contributed by atoms with E-state index >= 15 is 0 Å². The Morgan fingerprint density at radius 1 is 1.31 bits per heavy atom. The second kappa shape index (κ2) is 4.30. The van der Waals surface area contributed by atoms with Crippen molar-refractivity contribution in [1.82, 2.24) is 0 Å². The molecule has 0 heterocycles. The lowest BCUT2D eigenvalue weighted by molar-refractivity contribution is 0.0824. The molecule has 0 bridgehead atoms. The number of nitrogens with two attached hydrogens (primary N) is 1. The molecule has 0 aliphatic rings. The Bertz CT molecular complexity index is 263. The summed E-state index contributed by atoms with van der Waals surface area (Å²) in [5, 5.41) is 9.30. The van der Waals surface area contributed by atoms with Crippen molar-refractivity contribution in [2.75, 3.05) is 6.54 Å². The van der Waals surface area contributed by atoms with Crippen LogP contribution in [0.1, 0.15) is 11.7 Å². The Morgan fingerprint density at radius 3 is 2.31 bits per heavy atom. The number of rotatable bonds is 3. The molecule has 0 saturated carbocycles. The van der Waals surface area contributed by atoms with E-state index < -0.39 is 18.1 Å². The van der Waals surface area contributed by atoms with Crippen molar-refractivity contribution in [3.63, 3.8) is 0 Å². The van der Waals surface area contributed by atoms with Crippen molar-refractivity contribution in [1.29, 1.82) is 0 Å². The number of halogens is 2. The van der Waals surface area contributed by atoms with Crippen LogP contribution in [0.25, 0.3) is 0 Å². The minimum Gasteiger partial charge on any atom is -0.385 e. The van der Waals surface area contributed by atoms with Crippen molar-refractivity contribution < 1.29 is 13.9 Å². The largest absolute Gasteiger partial charge is 0.385 e. The Kier molecular flexibility index (Phi) is 3.33. The van der Waals surface area contributed by atoms with Gasteiger partial charge in [0.25, 0.3) is 0 Å². The quantitative estimate of drug-likeness (QED) is 0.745. The second-order valence-corrected chi connectivity index (χ2v) is 2.75. The summed E-state index contributed by atoms with van der Waals surface area (Å²) in [6.45, 7) is -0.251. The first-order valence-corrected chi connectivity index (χ1v) is 3.93. The van der Waals surface area contributed by atoms with Gasteiger partial charge in [0.2, 0.25) is 0 Å². The topological polar surface area (TPSA) is 46.2 Å². The molecule has 0 amide bonds. The van der Waals surface area contributed by atoms with Crippen LogP contribution in [0.5, 0.6) is 0 Å². The molecule has 13 heavy (non-hydrogen) atoms. The summed E-state index contributed by atoms with van der Waals surface area (Å²) in [5.74, 6) is -0.417. The predicted octanol–water partition coefficient (Wildman–Crippen LogP) is 1.16. The van der Waals surface area contributed by atoms with Crippen molar-refractivity contribution >= 4 is 0 Å². The zero-order valence-electron chi connectivity index (χ0n) is 6.95. The third-order valence-corrected chi connectivity index (χ3v) is 1.78. The lowest BCUT2D eigenvalue weighted by Gasteiger charge is -2.13. The molecular formula is C9H11F2NO. The first-order valence-electron chi connectivity index (χ1n) is 3.93. The van der Waals surface area contributed by atoms with Gasteiger partial charge in [0.05, 0.1) is 0 Å². The lowest BCUT2D eigenvalue weighted by Crippen LogP contribution is -2.23. The van der Waals surface area contributed by atoms with Crippen LogP contribution >= 0.6 is 0 Å². The number of aliphatic hydroxyl groups excluding tert-OH is 1. The minimum atomic E-state index is -1.51.